The molecule has 15 heavy (non-hydrogen) atoms. The van der Waals surface area contributed by atoms with E-state index >= 15 is 0 Å². The number of hydrogen-bond acceptors (Lipinski definition) is 4. The summed E-state index contributed by atoms with van der Waals surface area (Å²) in [6.45, 7) is 2.17. The number of carbonyl (C=O) groups excluding carboxylic acids is 1. The molecule has 5 heteroatoms. The summed E-state index contributed by atoms with van der Waals surface area (Å²) in [5.41, 5.74) is 0. The van der Waals surface area contributed by atoms with Crippen LogP contribution in [0.5, 0.6) is 0 Å². The molecule has 5 nitrogen and oxygen atoms in total. The Labute approximate surface area is 90.4 Å². The zero-order valence-electron chi connectivity index (χ0n) is 9.24. The number of carbonyl (C=O) groups is 1. The van der Waals surface area contributed by atoms with Crippen LogP contribution in [0.1, 0.15) is 32.6 Å². The molecular weight excluding hydrogens is 198 g/mol. The fourth-order valence-corrected chi connectivity index (χ4v) is 1.01. The highest BCUT2D eigenvalue weighted by atomic mass is 16.5. The van der Waals surface area contributed by atoms with E-state index in [-0.39, 0.29) is 13.2 Å². The van der Waals surface area contributed by atoms with E-state index in [0.717, 1.165) is 25.7 Å². The molecule has 0 aliphatic rings. The first-order chi connectivity index (χ1) is 7.20. The van der Waals surface area contributed by atoms with Crippen LogP contribution in [-0.4, -0.2) is 42.2 Å². The number of ether oxygens (including phenoxy) is 1. The van der Waals surface area contributed by atoms with Gasteiger partial charge in [0.2, 0.25) is 0 Å². The molecule has 0 aliphatic carbocycles. The Kier molecular flexibility index (Phi) is 9.21. The van der Waals surface area contributed by atoms with Crippen LogP contribution in [0, 0.1) is 0 Å². The standard InChI is InChI=1S/C10H21NO4/c1-2-3-4-5-6-15-10(14)11-7-9(13)8-12/h9,12-13H,2-8H2,1H3,(H,11,14)/t9-/m0/s1. The van der Waals surface area contributed by atoms with Gasteiger partial charge in [-0.05, 0) is 6.42 Å². The highest BCUT2D eigenvalue weighted by Crippen LogP contribution is 1.98. The van der Waals surface area contributed by atoms with Crippen LogP contribution in [-0.2, 0) is 4.74 Å². The van der Waals surface area contributed by atoms with Crippen molar-refractivity contribution in [3.05, 3.63) is 0 Å². The molecule has 0 saturated heterocycles. The zero-order chi connectivity index (χ0) is 11.5. The molecule has 0 heterocycles. The van der Waals surface area contributed by atoms with Crippen LogP contribution in [0.15, 0.2) is 0 Å². The van der Waals surface area contributed by atoms with E-state index < -0.39 is 12.2 Å². The number of nitrogens with one attached hydrogen (secondary N) is 1. The van der Waals surface area contributed by atoms with Gasteiger partial charge >= 0.3 is 6.09 Å². The normalized spacial score (nSPS) is 12.2. The summed E-state index contributed by atoms with van der Waals surface area (Å²) >= 11 is 0. The third-order valence-corrected chi connectivity index (χ3v) is 1.92. The molecule has 0 aromatic rings. The number of aliphatic hydroxyl groups is 2. The minimum absolute atomic E-state index is 0.0181. The first kappa shape index (κ1) is 14.2. The Bertz CT molecular complexity index is 164. The van der Waals surface area contributed by atoms with E-state index in [2.05, 4.69) is 12.2 Å². The summed E-state index contributed by atoms with van der Waals surface area (Å²) in [7, 11) is 0. The van der Waals surface area contributed by atoms with E-state index in [1.54, 1.807) is 0 Å². The molecule has 3 N–H and O–H groups in total. The Hall–Kier alpha value is -0.810. The maximum Gasteiger partial charge on any atom is 0.407 e. The monoisotopic (exact) mass is 219 g/mol. The molecule has 0 aliphatic heterocycles. The van der Waals surface area contributed by atoms with Gasteiger partial charge in [-0.25, -0.2) is 4.79 Å². The topological polar surface area (TPSA) is 78.8 Å². The Morgan fingerprint density at radius 1 is 1.40 bits per heavy atom. The summed E-state index contributed by atoms with van der Waals surface area (Å²) in [4.78, 5) is 11.0. The average molecular weight is 219 g/mol. The fraction of sp³-hybridized carbons (Fsp3) is 0.900. The average Bonchev–Trinajstić information content (AvgIpc) is 2.25. The van der Waals surface area contributed by atoms with Gasteiger partial charge in [0.25, 0.3) is 0 Å². The van der Waals surface area contributed by atoms with Crippen molar-refractivity contribution in [1.82, 2.24) is 5.32 Å². The quantitative estimate of drug-likeness (QED) is 0.524. The second-order valence-corrected chi connectivity index (χ2v) is 3.41. The second kappa shape index (κ2) is 9.73. The van der Waals surface area contributed by atoms with Crippen molar-refractivity contribution >= 4 is 6.09 Å². The number of hydrogen-bond donors (Lipinski definition) is 3. The second-order valence-electron chi connectivity index (χ2n) is 3.41. The molecular formula is C10H21NO4. The van der Waals surface area contributed by atoms with Gasteiger partial charge in [-0.15, -0.1) is 0 Å². The molecule has 0 spiro atoms. The van der Waals surface area contributed by atoms with E-state index in [0.29, 0.717) is 6.61 Å². The van der Waals surface area contributed by atoms with Crippen molar-refractivity contribution in [2.45, 2.75) is 38.7 Å². The van der Waals surface area contributed by atoms with Gasteiger partial charge in [0, 0.05) is 6.54 Å². The van der Waals surface area contributed by atoms with Crippen molar-refractivity contribution in [2.75, 3.05) is 19.8 Å². The lowest BCUT2D eigenvalue weighted by molar-refractivity contribution is 0.0883. The van der Waals surface area contributed by atoms with Gasteiger partial charge in [-0.3, -0.25) is 0 Å². The minimum atomic E-state index is -0.919. The van der Waals surface area contributed by atoms with E-state index in [9.17, 15) is 4.79 Å². The smallest absolute Gasteiger partial charge is 0.407 e. The summed E-state index contributed by atoms with van der Waals surface area (Å²) in [5.74, 6) is 0. The predicted molar refractivity (Wildman–Crippen MR) is 56.6 cm³/mol. The largest absolute Gasteiger partial charge is 0.450 e. The maximum atomic E-state index is 11.0. The summed E-state index contributed by atoms with van der Waals surface area (Å²) < 4.78 is 4.84. The van der Waals surface area contributed by atoms with Crippen molar-refractivity contribution in [1.29, 1.82) is 0 Å². The fourth-order valence-electron chi connectivity index (χ4n) is 1.01. The van der Waals surface area contributed by atoms with E-state index in [1.807, 2.05) is 0 Å². The number of unbranched alkanes of at least 4 members (excludes halogenated alkanes) is 3. The van der Waals surface area contributed by atoms with Crippen LogP contribution in [0.25, 0.3) is 0 Å². The molecule has 0 radical (unpaired) electrons. The molecule has 0 bridgehead atoms. The molecule has 0 aromatic heterocycles. The summed E-state index contributed by atoms with van der Waals surface area (Å²) in [5, 5.41) is 19.8. The van der Waals surface area contributed by atoms with Crippen molar-refractivity contribution in [2.24, 2.45) is 0 Å². The minimum Gasteiger partial charge on any atom is -0.450 e. The first-order valence-electron chi connectivity index (χ1n) is 5.40. The van der Waals surface area contributed by atoms with Gasteiger partial charge in [-0.1, -0.05) is 26.2 Å². The molecule has 1 amide bonds. The summed E-state index contributed by atoms with van der Waals surface area (Å²) in [6, 6.07) is 0. The number of aliphatic hydroxyl groups excluding tert-OH is 2. The van der Waals surface area contributed by atoms with Gasteiger partial charge in [-0.2, -0.15) is 0 Å². The molecule has 90 valence electrons. The number of alkyl carbamates (subject to hydrolysis) is 1. The number of rotatable bonds is 8. The lowest BCUT2D eigenvalue weighted by atomic mass is 10.2. The Morgan fingerprint density at radius 3 is 2.73 bits per heavy atom. The molecule has 0 rings (SSSR count). The van der Waals surface area contributed by atoms with Gasteiger partial charge in [0.15, 0.2) is 0 Å². The van der Waals surface area contributed by atoms with Crippen molar-refractivity contribution < 1.29 is 19.7 Å². The van der Waals surface area contributed by atoms with Crippen molar-refractivity contribution in [3.8, 4) is 0 Å². The lowest BCUT2D eigenvalue weighted by Gasteiger charge is -2.09. The van der Waals surface area contributed by atoms with Crippen LogP contribution in [0.3, 0.4) is 0 Å². The van der Waals surface area contributed by atoms with E-state index in [4.69, 9.17) is 14.9 Å². The maximum absolute atomic E-state index is 11.0. The zero-order valence-corrected chi connectivity index (χ0v) is 9.24. The lowest BCUT2D eigenvalue weighted by Crippen LogP contribution is -2.34. The highest BCUT2D eigenvalue weighted by Gasteiger charge is 2.05. The predicted octanol–water partition coefficient (Wildman–Crippen LogP) is 0.646. The van der Waals surface area contributed by atoms with Gasteiger partial charge in [0.05, 0.1) is 19.3 Å². The summed E-state index contributed by atoms with van der Waals surface area (Å²) in [6.07, 6.45) is 2.76. The highest BCUT2D eigenvalue weighted by molar-refractivity contribution is 5.67. The van der Waals surface area contributed by atoms with E-state index in [1.165, 1.54) is 0 Å². The molecule has 0 saturated carbocycles. The SMILES string of the molecule is CCCCCCOC(=O)NC[C@H](O)CO. The third-order valence-electron chi connectivity index (χ3n) is 1.92. The molecule has 0 aromatic carbocycles. The Morgan fingerprint density at radius 2 is 2.13 bits per heavy atom. The van der Waals surface area contributed by atoms with Crippen LogP contribution in [0.2, 0.25) is 0 Å². The molecule has 0 unspecified atom stereocenters. The molecule has 1 atom stereocenters. The third kappa shape index (κ3) is 9.49. The molecule has 0 fully saturated rings. The van der Waals surface area contributed by atoms with Crippen LogP contribution in [0.4, 0.5) is 4.79 Å². The first-order valence-corrected chi connectivity index (χ1v) is 5.40. The van der Waals surface area contributed by atoms with Gasteiger partial charge < -0.3 is 20.3 Å². The van der Waals surface area contributed by atoms with Gasteiger partial charge in [0.1, 0.15) is 0 Å². The van der Waals surface area contributed by atoms with Crippen molar-refractivity contribution in [3.63, 3.8) is 0 Å². The van der Waals surface area contributed by atoms with Crippen LogP contribution >= 0.6 is 0 Å². The number of amides is 1. The Balaban J connectivity index is 3.26. The van der Waals surface area contributed by atoms with Crippen LogP contribution < -0.4 is 5.32 Å².